The Morgan fingerprint density at radius 1 is 1.37 bits per heavy atom. The quantitative estimate of drug-likeness (QED) is 0.450. The molecule has 0 aromatic heterocycles. The zero-order chi connectivity index (χ0) is 14.3. The lowest BCUT2D eigenvalue weighted by atomic mass is 10.2. The second-order valence-corrected chi connectivity index (χ2v) is 4.33. The molecule has 0 aliphatic heterocycles. The first kappa shape index (κ1) is 15.2. The molecule has 7 heteroatoms. The van der Waals surface area contributed by atoms with Gasteiger partial charge in [-0.15, -0.1) is 0 Å². The Kier molecular flexibility index (Phi) is 6.08. The number of nitrogens with zero attached hydrogens (tertiary/aromatic N) is 1. The zero-order valence-corrected chi connectivity index (χ0v) is 10.9. The van der Waals surface area contributed by atoms with E-state index in [0.29, 0.717) is 24.5 Å². The van der Waals surface area contributed by atoms with E-state index in [1.54, 1.807) is 0 Å². The van der Waals surface area contributed by atoms with Gasteiger partial charge in [-0.2, -0.15) is 0 Å². The summed E-state index contributed by atoms with van der Waals surface area (Å²) in [7, 11) is 0. The van der Waals surface area contributed by atoms with Crippen LogP contribution in [-0.2, 0) is 4.79 Å². The molecule has 0 heterocycles. The highest BCUT2D eigenvalue weighted by Gasteiger charge is 2.10. The van der Waals surface area contributed by atoms with Gasteiger partial charge in [0.1, 0.15) is 5.75 Å². The lowest BCUT2D eigenvalue weighted by molar-refractivity contribution is -0.384. The molecule has 0 aliphatic rings. The summed E-state index contributed by atoms with van der Waals surface area (Å²) in [4.78, 5) is 20.4. The molecule has 104 valence electrons. The van der Waals surface area contributed by atoms with Crippen molar-refractivity contribution in [2.24, 2.45) is 0 Å². The minimum Gasteiger partial charge on any atom is -0.492 e. The molecule has 0 saturated carbocycles. The number of unbranched alkanes of at least 4 members (excludes halogenated alkanes) is 2. The van der Waals surface area contributed by atoms with Gasteiger partial charge >= 0.3 is 5.97 Å². The summed E-state index contributed by atoms with van der Waals surface area (Å²) < 4.78 is 5.35. The molecule has 1 N–H and O–H groups in total. The molecule has 1 aromatic carbocycles. The fourth-order valence-electron chi connectivity index (χ4n) is 1.45. The van der Waals surface area contributed by atoms with E-state index in [0.717, 1.165) is 6.42 Å². The number of carbonyl (C=O) groups is 1. The van der Waals surface area contributed by atoms with E-state index in [1.807, 2.05) is 0 Å². The van der Waals surface area contributed by atoms with E-state index in [-0.39, 0.29) is 17.9 Å². The molecule has 0 atom stereocenters. The predicted octanol–water partition coefficient (Wildman–Crippen LogP) is 3.27. The maximum Gasteiger partial charge on any atom is 0.303 e. The normalized spacial score (nSPS) is 10.2. The SMILES string of the molecule is O=C(O)CCCCCOc1cc([N+](=O)[O-])ccc1Cl. The first-order chi connectivity index (χ1) is 9.00. The Bertz CT molecular complexity index is 463. The first-order valence-corrected chi connectivity index (χ1v) is 6.17. The number of nitro groups is 1. The number of aliphatic carboxylic acids is 1. The Morgan fingerprint density at radius 3 is 2.74 bits per heavy atom. The van der Waals surface area contributed by atoms with Gasteiger partial charge in [-0.05, 0) is 25.3 Å². The number of nitro benzene ring substituents is 1. The van der Waals surface area contributed by atoms with Crippen LogP contribution >= 0.6 is 11.6 Å². The van der Waals surface area contributed by atoms with Crippen LogP contribution in [0.4, 0.5) is 5.69 Å². The fourth-order valence-corrected chi connectivity index (χ4v) is 1.63. The van der Waals surface area contributed by atoms with Crippen LogP contribution in [0.25, 0.3) is 0 Å². The van der Waals surface area contributed by atoms with Crippen LogP contribution in [0.3, 0.4) is 0 Å². The monoisotopic (exact) mass is 287 g/mol. The van der Waals surface area contributed by atoms with Crippen LogP contribution in [0.2, 0.25) is 5.02 Å². The summed E-state index contributed by atoms with van der Waals surface area (Å²) >= 11 is 5.86. The van der Waals surface area contributed by atoms with Crippen LogP contribution in [0.1, 0.15) is 25.7 Å². The second-order valence-electron chi connectivity index (χ2n) is 3.92. The second kappa shape index (κ2) is 7.58. The van der Waals surface area contributed by atoms with E-state index >= 15 is 0 Å². The first-order valence-electron chi connectivity index (χ1n) is 5.79. The molecule has 0 fully saturated rings. The average Bonchev–Trinajstić information content (AvgIpc) is 2.34. The van der Waals surface area contributed by atoms with Gasteiger partial charge in [-0.1, -0.05) is 11.6 Å². The van der Waals surface area contributed by atoms with Gasteiger partial charge in [0.25, 0.3) is 5.69 Å². The van der Waals surface area contributed by atoms with Crippen LogP contribution in [0, 0.1) is 10.1 Å². The van der Waals surface area contributed by atoms with Crippen LogP contribution in [0.15, 0.2) is 18.2 Å². The van der Waals surface area contributed by atoms with E-state index < -0.39 is 10.9 Å². The molecule has 6 nitrogen and oxygen atoms in total. The molecule has 0 spiro atoms. The van der Waals surface area contributed by atoms with Crippen molar-refractivity contribution in [3.63, 3.8) is 0 Å². The number of non-ortho nitro benzene ring substituents is 1. The van der Waals surface area contributed by atoms with Crippen molar-refractivity contribution >= 4 is 23.3 Å². The topological polar surface area (TPSA) is 89.7 Å². The van der Waals surface area contributed by atoms with Gasteiger partial charge in [0.2, 0.25) is 0 Å². The van der Waals surface area contributed by atoms with Crippen molar-refractivity contribution < 1.29 is 19.6 Å². The Balaban J connectivity index is 2.38. The van der Waals surface area contributed by atoms with E-state index in [1.165, 1.54) is 18.2 Å². The Labute approximate surface area is 115 Å². The highest BCUT2D eigenvalue weighted by atomic mass is 35.5. The summed E-state index contributed by atoms with van der Waals surface area (Å²) in [6.07, 6.45) is 2.12. The van der Waals surface area contributed by atoms with Gasteiger partial charge in [-0.3, -0.25) is 14.9 Å². The van der Waals surface area contributed by atoms with Crippen molar-refractivity contribution in [2.75, 3.05) is 6.61 Å². The summed E-state index contributed by atoms with van der Waals surface area (Å²) in [5.74, 6) is -0.545. The molecule has 0 unspecified atom stereocenters. The van der Waals surface area contributed by atoms with E-state index in [2.05, 4.69) is 0 Å². The lowest BCUT2D eigenvalue weighted by Crippen LogP contribution is -2.00. The molecule has 0 saturated heterocycles. The maximum atomic E-state index is 10.6. The predicted molar refractivity (Wildman–Crippen MR) is 69.7 cm³/mol. The number of carboxylic acid groups (broad SMARTS) is 1. The summed E-state index contributed by atoms with van der Waals surface area (Å²) in [5.41, 5.74) is -0.0784. The van der Waals surface area contributed by atoms with Crippen LogP contribution in [0.5, 0.6) is 5.75 Å². The Morgan fingerprint density at radius 2 is 2.11 bits per heavy atom. The van der Waals surface area contributed by atoms with Crippen LogP contribution in [-0.4, -0.2) is 22.6 Å². The van der Waals surface area contributed by atoms with E-state index in [9.17, 15) is 14.9 Å². The summed E-state index contributed by atoms with van der Waals surface area (Å²) in [6, 6.07) is 4.00. The number of ether oxygens (including phenoxy) is 1. The number of hydrogen-bond acceptors (Lipinski definition) is 4. The van der Waals surface area contributed by atoms with Crippen molar-refractivity contribution in [1.82, 2.24) is 0 Å². The van der Waals surface area contributed by atoms with Gasteiger partial charge < -0.3 is 9.84 Å². The standard InChI is InChI=1S/C12H14ClNO5/c13-10-6-5-9(14(17)18)8-11(10)19-7-3-1-2-4-12(15)16/h5-6,8H,1-4,7H2,(H,15,16). The number of benzene rings is 1. The molecule has 0 bridgehead atoms. The van der Waals surface area contributed by atoms with Crippen molar-refractivity contribution in [3.05, 3.63) is 33.3 Å². The third-order valence-corrected chi connectivity index (χ3v) is 2.73. The molecular formula is C12H14ClNO5. The highest BCUT2D eigenvalue weighted by molar-refractivity contribution is 6.32. The molecule has 1 rings (SSSR count). The third-order valence-electron chi connectivity index (χ3n) is 2.42. The number of halogens is 1. The van der Waals surface area contributed by atoms with Gasteiger partial charge in [0.05, 0.1) is 22.6 Å². The average molecular weight is 288 g/mol. The van der Waals surface area contributed by atoms with Crippen molar-refractivity contribution in [2.45, 2.75) is 25.7 Å². The van der Waals surface area contributed by atoms with Crippen molar-refractivity contribution in [3.8, 4) is 5.75 Å². The smallest absolute Gasteiger partial charge is 0.303 e. The molecule has 1 aromatic rings. The third kappa shape index (κ3) is 5.56. The Hall–Kier alpha value is -1.82. The molecular weight excluding hydrogens is 274 g/mol. The summed E-state index contributed by atoms with van der Waals surface area (Å²) in [5, 5.41) is 19.4. The minimum absolute atomic E-state index is 0.0784. The molecule has 0 radical (unpaired) electrons. The largest absolute Gasteiger partial charge is 0.492 e. The molecule has 19 heavy (non-hydrogen) atoms. The minimum atomic E-state index is -0.817. The van der Waals surface area contributed by atoms with Gasteiger partial charge in [0.15, 0.2) is 0 Å². The van der Waals surface area contributed by atoms with Crippen molar-refractivity contribution in [1.29, 1.82) is 0 Å². The fraction of sp³-hybridized carbons (Fsp3) is 0.417. The number of hydrogen-bond donors (Lipinski definition) is 1. The van der Waals surface area contributed by atoms with Gasteiger partial charge in [0, 0.05) is 12.5 Å². The lowest BCUT2D eigenvalue weighted by Gasteiger charge is -2.07. The van der Waals surface area contributed by atoms with E-state index in [4.69, 9.17) is 21.4 Å². The van der Waals surface area contributed by atoms with Gasteiger partial charge in [-0.25, -0.2) is 0 Å². The highest BCUT2D eigenvalue weighted by Crippen LogP contribution is 2.28. The summed E-state index contributed by atoms with van der Waals surface area (Å²) in [6.45, 7) is 0.348. The zero-order valence-electron chi connectivity index (χ0n) is 10.2. The van der Waals surface area contributed by atoms with Crippen LogP contribution < -0.4 is 4.74 Å². The number of carboxylic acids is 1. The molecule has 0 aliphatic carbocycles. The molecule has 0 amide bonds. The number of rotatable bonds is 8. The maximum absolute atomic E-state index is 10.6.